The van der Waals surface area contributed by atoms with Crippen molar-refractivity contribution >= 4 is 29.3 Å². The number of anilines is 1. The number of amides is 1. The molecular weight excluding hydrogens is 340 g/mol. The van der Waals surface area contributed by atoms with Crippen LogP contribution in [-0.4, -0.2) is 19.6 Å². The molecule has 1 amide bonds. The van der Waals surface area contributed by atoms with Crippen molar-refractivity contribution in [2.24, 2.45) is 0 Å². The number of hydrogen-bond donors (Lipinski definition) is 1. The maximum absolute atomic E-state index is 12.3. The number of nitrogens with zero attached hydrogens (tertiary/aromatic N) is 1. The van der Waals surface area contributed by atoms with E-state index in [1.165, 1.54) is 13.2 Å². The van der Waals surface area contributed by atoms with Gasteiger partial charge in [-0.3, -0.25) is 4.79 Å². The average Bonchev–Trinajstić information content (AvgIpc) is 2.62. The fourth-order valence-corrected chi connectivity index (χ4v) is 2.22. The third kappa shape index (κ3) is 5.00. The van der Waals surface area contributed by atoms with Crippen molar-refractivity contribution in [3.63, 3.8) is 0 Å². The molecule has 2 aromatic carbocycles. The zero-order chi connectivity index (χ0) is 18.2. The molecule has 0 atom stereocenters. The molecule has 0 spiro atoms. The summed E-state index contributed by atoms with van der Waals surface area (Å²) in [7, 11) is 1.53. The molecule has 0 saturated heterocycles. The maximum atomic E-state index is 12.3. The van der Waals surface area contributed by atoms with Crippen LogP contribution in [-0.2, 0) is 4.79 Å². The molecule has 5 nitrogen and oxygen atoms in total. The zero-order valence-corrected chi connectivity index (χ0v) is 14.6. The third-order valence-corrected chi connectivity index (χ3v) is 3.52. The van der Waals surface area contributed by atoms with Crippen LogP contribution in [0.5, 0.6) is 11.5 Å². The van der Waals surface area contributed by atoms with Crippen molar-refractivity contribution in [2.45, 2.75) is 6.92 Å². The van der Waals surface area contributed by atoms with Crippen molar-refractivity contribution in [3.8, 4) is 17.6 Å². The third-order valence-electron chi connectivity index (χ3n) is 3.27. The second-order valence-corrected chi connectivity index (χ2v) is 5.41. The summed E-state index contributed by atoms with van der Waals surface area (Å²) >= 11 is 5.81. The number of carbonyl (C=O) groups is 1. The van der Waals surface area contributed by atoms with E-state index in [-0.39, 0.29) is 5.57 Å². The Labute approximate surface area is 151 Å². The minimum absolute atomic E-state index is 0.0267. The molecule has 0 bridgehead atoms. The number of ether oxygens (including phenoxy) is 2. The van der Waals surface area contributed by atoms with E-state index in [1.807, 2.05) is 13.0 Å². The van der Waals surface area contributed by atoms with Gasteiger partial charge in [-0.2, -0.15) is 5.26 Å². The number of nitriles is 1. The lowest BCUT2D eigenvalue weighted by atomic mass is 10.1. The largest absolute Gasteiger partial charge is 0.493 e. The van der Waals surface area contributed by atoms with Crippen molar-refractivity contribution in [1.82, 2.24) is 0 Å². The Morgan fingerprint density at radius 1 is 1.24 bits per heavy atom. The number of halogens is 1. The average molecular weight is 357 g/mol. The topological polar surface area (TPSA) is 71.3 Å². The van der Waals surface area contributed by atoms with E-state index in [0.29, 0.717) is 34.4 Å². The molecule has 1 N–H and O–H groups in total. The molecule has 0 aliphatic rings. The summed E-state index contributed by atoms with van der Waals surface area (Å²) in [6, 6.07) is 13.7. The van der Waals surface area contributed by atoms with Gasteiger partial charge in [-0.25, -0.2) is 0 Å². The van der Waals surface area contributed by atoms with Crippen LogP contribution in [0.4, 0.5) is 5.69 Å². The van der Waals surface area contributed by atoms with E-state index in [4.69, 9.17) is 21.1 Å². The van der Waals surface area contributed by atoms with E-state index >= 15 is 0 Å². The van der Waals surface area contributed by atoms with Gasteiger partial charge in [0.2, 0.25) is 0 Å². The first-order valence-corrected chi connectivity index (χ1v) is 7.94. The smallest absolute Gasteiger partial charge is 0.266 e. The van der Waals surface area contributed by atoms with Crippen LogP contribution >= 0.6 is 11.6 Å². The summed E-state index contributed by atoms with van der Waals surface area (Å²) < 4.78 is 10.7. The summed E-state index contributed by atoms with van der Waals surface area (Å²) in [6.07, 6.45) is 1.49. The molecule has 0 radical (unpaired) electrons. The minimum atomic E-state index is -0.502. The van der Waals surface area contributed by atoms with Crippen LogP contribution in [0.25, 0.3) is 6.08 Å². The second kappa shape index (κ2) is 8.76. The Morgan fingerprint density at radius 2 is 1.96 bits per heavy atom. The second-order valence-electron chi connectivity index (χ2n) is 4.97. The van der Waals surface area contributed by atoms with Crippen molar-refractivity contribution in [3.05, 3.63) is 58.6 Å². The number of rotatable bonds is 6. The van der Waals surface area contributed by atoms with E-state index in [9.17, 15) is 10.1 Å². The van der Waals surface area contributed by atoms with E-state index in [0.717, 1.165) is 0 Å². The monoisotopic (exact) mass is 356 g/mol. The molecule has 0 fully saturated rings. The fourth-order valence-electron chi connectivity index (χ4n) is 2.10. The molecule has 0 aliphatic carbocycles. The first-order chi connectivity index (χ1) is 12.1. The molecule has 128 valence electrons. The zero-order valence-electron chi connectivity index (χ0n) is 13.9. The Balaban J connectivity index is 2.22. The Kier molecular flexibility index (Phi) is 6.44. The van der Waals surface area contributed by atoms with Gasteiger partial charge in [-0.15, -0.1) is 0 Å². The normalized spacial score (nSPS) is 10.7. The van der Waals surface area contributed by atoms with Gasteiger partial charge in [0, 0.05) is 10.7 Å². The van der Waals surface area contributed by atoms with Crippen LogP contribution < -0.4 is 14.8 Å². The predicted octanol–water partition coefficient (Wildman–Crippen LogP) is 4.29. The highest BCUT2D eigenvalue weighted by molar-refractivity contribution is 6.30. The molecular formula is C19H17ClN2O3. The molecule has 0 saturated carbocycles. The summed E-state index contributed by atoms with van der Waals surface area (Å²) in [5, 5.41) is 12.5. The lowest BCUT2D eigenvalue weighted by molar-refractivity contribution is -0.112. The fraction of sp³-hybridized carbons (Fsp3) is 0.158. The summed E-state index contributed by atoms with van der Waals surface area (Å²) in [4.78, 5) is 12.3. The lowest BCUT2D eigenvalue weighted by Gasteiger charge is -2.10. The first kappa shape index (κ1) is 18.4. The van der Waals surface area contributed by atoms with E-state index in [1.54, 1.807) is 42.5 Å². The maximum Gasteiger partial charge on any atom is 0.266 e. The molecule has 25 heavy (non-hydrogen) atoms. The molecule has 0 heterocycles. The van der Waals surface area contributed by atoms with Crippen LogP contribution in [0.3, 0.4) is 0 Å². The van der Waals surface area contributed by atoms with Gasteiger partial charge in [0.05, 0.1) is 13.7 Å². The summed E-state index contributed by atoms with van der Waals surface area (Å²) in [5.41, 5.74) is 1.18. The Bertz CT molecular complexity index is 824. The Hall–Kier alpha value is -2.97. The summed E-state index contributed by atoms with van der Waals surface area (Å²) in [5.74, 6) is 0.634. The number of methoxy groups -OCH3 is 1. The van der Waals surface area contributed by atoms with Crippen LogP contribution in [0, 0.1) is 11.3 Å². The van der Waals surface area contributed by atoms with E-state index < -0.39 is 5.91 Å². The molecule has 0 unspecified atom stereocenters. The van der Waals surface area contributed by atoms with Gasteiger partial charge < -0.3 is 14.8 Å². The molecule has 0 aliphatic heterocycles. The van der Waals surface area contributed by atoms with Gasteiger partial charge in [-0.05, 0) is 55.0 Å². The lowest BCUT2D eigenvalue weighted by Crippen LogP contribution is -2.13. The van der Waals surface area contributed by atoms with Gasteiger partial charge in [0.15, 0.2) is 11.5 Å². The highest BCUT2D eigenvalue weighted by Gasteiger charge is 2.11. The van der Waals surface area contributed by atoms with E-state index in [2.05, 4.69) is 5.32 Å². The van der Waals surface area contributed by atoms with Crippen LogP contribution in [0.1, 0.15) is 12.5 Å². The molecule has 6 heteroatoms. The van der Waals surface area contributed by atoms with Crippen molar-refractivity contribution in [2.75, 3.05) is 19.0 Å². The number of hydrogen-bond acceptors (Lipinski definition) is 4. The minimum Gasteiger partial charge on any atom is -0.493 e. The molecule has 2 rings (SSSR count). The van der Waals surface area contributed by atoms with Crippen LogP contribution in [0.2, 0.25) is 5.02 Å². The Morgan fingerprint density at radius 3 is 2.56 bits per heavy atom. The first-order valence-electron chi connectivity index (χ1n) is 7.57. The van der Waals surface area contributed by atoms with Gasteiger partial charge >= 0.3 is 0 Å². The predicted molar refractivity (Wildman–Crippen MR) is 97.8 cm³/mol. The highest BCUT2D eigenvalue weighted by atomic mass is 35.5. The summed E-state index contributed by atoms with van der Waals surface area (Å²) in [6.45, 7) is 2.39. The molecule has 2 aromatic rings. The number of carbonyl (C=O) groups excluding carboxylic acids is 1. The number of benzene rings is 2. The van der Waals surface area contributed by atoms with Gasteiger partial charge in [-0.1, -0.05) is 17.7 Å². The van der Waals surface area contributed by atoms with Crippen molar-refractivity contribution < 1.29 is 14.3 Å². The molecule has 0 aromatic heterocycles. The van der Waals surface area contributed by atoms with Gasteiger partial charge in [0.25, 0.3) is 5.91 Å². The number of nitrogens with one attached hydrogen (secondary N) is 1. The van der Waals surface area contributed by atoms with Crippen LogP contribution in [0.15, 0.2) is 48.0 Å². The van der Waals surface area contributed by atoms with Crippen molar-refractivity contribution in [1.29, 1.82) is 5.26 Å². The quantitative estimate of drug-likeness (QED) is 0.619. The van der Waals surface area contributed by atoms with Gasteiger partial charge in [0.1, 0.15) is 11.6 Å². The SMILES string of the molecule is CCOc1ccc(/C=C(/C#N)C(=O)Nc2ccc(Cl)cc2)cc1OC. The standard InChI is InChI=1S/C19H17ClN2O3/c1-3-25-17-9-4-13(11-18(17)24-2)10-14(12-21)19(23)22-16-7-5-15(20)6-8-16/h4-11H,3H2,1-2H3,(H,22,23)/b14-10-. The highest BCUT2D eigenvalue weighted by Crippen LogP contribution is 2.29.